The van der Waals surface area contributed by atoms with Gasteiger partial charge in [-0.25, -0.2) is 23.1 Å². The molecule has 2 aliphatic carbocycles. The highest BCUT2D eigenvalue weighted by Crippen LogP contribution is 2.47. The van der Waals surface area contributed by atoms with Crippen LogP contribution in [-0.2, 0) is 33.2 Å². The minimum Gasteiger partial charge on any atom is -0.490 e. The van der Waals surface area contributed by atoms with E-state index >= 15 is 0 Å². The second-order valence-corrected chi connectivity index (χ2v) is 16.5. The number of benzene rings is 2. The molecule has 1 fully saturated rings. The Morgan fingerprint density at radius 3 is 2.75 bits per heavy atom. The summed E-state index contributed by atoms with van der Waals surface area (Å²) in [5.41, 5.74) is 3.35. The van der Waals surface area contributed by atoms with Gasteiger partial charge in [0.05, 0.1) is 23.6 Å². The maximum atomic E-state index is 13.5. The van der Waals surface area contributed by atoms with E-state index in [0.29, 0.717) is 42.6 Å². The lowest BCUT2D eigenvalue weighted by Gasteiger charge is -2.46. The van der Waals surface area contributed by atoms with E-state index < -0.39 is 21.2 Å². The highest BCUT2D eigenvalue weighted by Gasteiger charge is 2.44. The molecule has 2 aliphatic heterocycles. The van der Waals surface area contributed by atoms with E-state index in [1.807, 2.05) is 25.1 Å². The van der Waals surface area contributed by atoms with E-state index in [1.165, 1.54) is 11.1 Å². The number of fused-ring (bicyclic) bond motifs is 4. The number of nitrogens with one attached hydrogen (secondary N) is 1. The first-order valence-electron chi connectivity index (χ1n) is 17.0. The summed E-state index contributed by atoms with van der Waals surface area (Å²) in [7, 11) is -3.94. The van der Waals surface area contributed by atoms with E-state index in [1.54, 1.807) is 37.5 Å². The fourth-order valence-electron chi connectivity index (χ4n) is 7.90. The number of allylic oxidation sites excluding steroid dienone is 1. The predicted octanol–water partition coefficient (Wildman–Crippen LogP) is 6.26. The Hall–Kier alpha value is -3.47. The Labute approximate surface area is 288 Å². The van der Waals surface area contributed by atoms with Crippen LogP contribution in [0, 0.1) is 17.8 Å². The van der Waals surface area contributed by atoms with Crippen molar-refractivity contribution in [3.8, 4) is 5.75 Å². The van der Waals surface area contributed by atoms with Crippen LogP contribution in [0.15, 0.2) is 67.0 Å². The highest BCUT2D eigenvalue weighted by atomic mass is 35.5. The molecule has 6 atom stereocenters. The summed E-state index contributed by atoms with van der Waals surface area (Å²) in [5, 5.41) is -0.0480. The molecule has 1 N–H and O–H groups in total. The maximum Gasteiger partial charge on any atom is 0.264 e. The van der Waals surface area contributed by atoms with E-state index in [-0.39, 0.29) is 30.0 Å². The van der Waals surface area contributed by atoms with Crippen LogP contribution in [0.25, 0.3) is 0 Å². The van der Waals surface area contributed by atoms with Crippen molar-refractivity contribution in [2.75, 3.05) is 24.6 Å². The summed E-state index contributed by atoms with van der Waals surface area (Å²) in [6.45, 7) is 5.79. The Morgan fingerprint density at radius 1 is 1.12 bits per heavy atom. The molecule has 0 unspecified atom stereocenters. The van der Waals surface area contributed by atoms with Gasteiger partial charge in [0, 0.05) is 41.5 Å². The number of rotatable bonds is 3. The topological polar surface area (TPSA) is 111 Å². The fraction of sp³-hybridized carbons (Fsp3) is 0.486. The van der Waals surface area contributed by atoms with Gasteiger partial charge in [-0.1, -0.05) is 36.7 Å². The van der Waals surface area contributed by atoms with Crippen LogP contribution < -0.4 is 14.4 Å². The molecule has 3 aromatic rings. The van der Waals surface area contributed by atoms with Crippen molar-refractivity contribution in [2.45, 2.75) is 75.7 Å². The predicted molar refractivity (Wildman–Crippen MR) is 186 cm³/mol. The van der Waals surface area contributed by atoms with Crippen molar-refractivity contribution in [3.63, 3.8) is 0 Å². The van der Waals surface area contributed by atoms with Gasteiger partial charge in [0.2, 0.25) is 10.0 Å². The minimum atomic E-state index is -3.94. The normalized spacial score (nSPS) is 30.5. The average molecular weight is 691 g/mol. The summed E-state index contributed by atoms with van der Waals surface area (Å²) in [6.07, 6.45) is 13.0. The van der Waals surface area contributed by atoms with Crippen molar-refractivity contribution >= 4 is 33.2 Å². The van der Waals surface area contributed by atoms with Gasteiger partial charge < -0.3 is 14.4 Å². The van der Waals surface area contributed by atoms with E-state index in [4.69, 9.17) is 21.1 Å². The molecule has 2 bridgehead atoms. The Bertz CT molecular complexity index is 1800. The number of hydrogen-bond acceptors (Lipinski definition) is 8. The number of amides is 1. The molecule has 3 heterocycles. The molecule has 48 heavy (non-hydrogen) atoms. The number of hydrogen-bond donors (Lipinski definition) is 1. The summed E-state index contributed by atoms with van der Waals surface area (Å²) in [6, 6.07) is 13.3. The maximum absolute atomic E-state index is 13.5. The molecular formula is C37H43ClN4O5S. The van der Waals surface area contributed by atoms with Crippen LogP contribution >= 0.6 is 11.6 Å². The van der Waals surface area contributed by atoms with Gasteiger partial charge in [-0.15, -0.1) is 0 Å². The van der Waals surface area contributed by atoms with E-state index in [0.717, 1.165) is 49.4 Å². The molecule has 11 heteroatoms. The molecule has 4 aliphatic rings. The summed E-state index contributed by atoms with van der Waals surface area (Å²) >= 11 is 6.45. The van der Waals surface area contributed by atoms with Crippen LogP contribution in [0.2, 0.25) is 5.02 Å². The van der Waals surface area contributed by atoms with Crippen molar-refractivity contribution in [1.82, 2.24) is 14.7 Å². The van der Waals surface area contributed by atoms with Gasteiger partial charge in [0.1, 0.15) is 12.4 Å². The third-order valence-electron chi connectivity index (χ3n) is 11.0. The fourth-order valence-corrected chi connectivity index (χ4v) is 9.38. The van der Waals surface area contributed by atoms with Crippen LogP contribution in [0.1, 0.15) is 73.3 Å². The number of sulfonamides is 1. The number of carbonyl (C=O) groups excluding carboxylic acids is 1. The van der Waals surface area contributed by atoms with Crippen molar-refractivity contribution in [2.24, 2.45) is 17.8 Å². The molecule has 1 aromatic heterocycles. The van der Waals surface area contributed by atoms with E-state index in [2.05, 4.69) is 37.8 Å². The van der Waals surface area contributed by atoms with Gasteiger partial charge in [-0.3, -0.25) is 4.79 Å². The van der Waals surface area contributed by atoms with Gasteiger partial charge in [0.15, 0.2) is 5.82 Å². The number of ether oxygens (including phenoxy) is 2. The number of carbonyl (C=O) groups is 1. The number of halogens is 1. The molecule has 0 radical (unpaired) electrons. The molecule has 1 amide bonds. The number of nitrogens with zero attached hydrogens (tertiary/aromatic N) is 3. The van der Waals surface area contributed by atoms with Gasteiger partial charge >= 0.3 is 0 Å². The smallest absolute Gasteiger partial charge is 0.264 e. The molecule has 7 rings (SSSR count). The average Bonchev–Trinajstić information content (AvgIpc) is 3.21. The first kappa shape index (κ1) is 33.0. The molecule has 0 saturated heterocycles. The lowest BCUT2D eigenvalue weighted by Crippen LogP contribution is -2.49. The second-order valence-electron chi connectivity index (χ2n) is 14.1. The Balaban J connectivity index is 1.28. The van der Waals surface area contributed by atoms with Gasteiger partial charge in [-0.05, 0) is 111 Å². The van der Waals surface area contributed by atoms with Crippen LogP contribution in [0.5, 0.6) is 5.75 Å². The number of aromatic nitrogens is 2. The van der Waals surface area contributed by atoms with Crippen molar-refractivity contribution < 1.29 is 22.7 Å². The third kappa shape index (κ3) is 6.59. The minimum absolute atomic E-state index is 0.181. The molecule has 1 spiro atoms. The first-order chi connectivity index (χ1) is 23.1. The molecular weight excluding hydrogens is 648 g/mol. The third-order valence-corrected chi connectivity index (χ3v) is 13.2. The zero-order valence-corrected chi connectivity index (χ0v) is 29.1. The molecule has 1 saturated carbocycles. The Kier molecular flexibility index (Phi) is 9.26. The van der Waals surface area contributed by atoms with E-state index in [9.17, 15) is 13.2 Å². The zero-order chi connectivity index (χ0) is 33.5. The molecule has 2 aromatic carbocycles. The zero-order valence-electron chi connectivity index (χ0n) is 27.5. The Morgan fingerprint density at radius 2 is 1.96 bits per heavy atom. The molecule has 254 valence electrons. The van der Waals surface area contributed by atoms with Crippen LogP contribution in [0.3, 0.4) is 0 Å². The second kappa shape index (κ2) is 13.4. The van der Waals surface area contributed by atoms with Crippen LogP contribution in [0.4, 0.5) is 5.69 Å². The SMILES string of the molecule is C[C@@H]1[C@@H](C)C/C=C\[C@H](OCc2ncccn2)[C@@H]2CC[C@H]2CN2C[C@@]3(CCCc4cc(Cl)ccc43)COc3ccc(cc32)C(=O)NS1(=O)=O. The summed E-state index contributed by atoms with van der Waals surface area (Å²) in [4.78, 5) is 24.6. The highest BCUT2D eigenvalue weighted by molar-refractivity contribution is 7.90. The quantitative estimate of drug-likeness (QED) is 0.321. The van der Waals surface area contributed by atoms with Gasteiger partial charge in [0.25, 0.3) is 5.91 Å². The largest absolute Gasteiger partial charge is 0.490 e. The monoisotopic (exact) mass is 690 g/mol. The standard InChI is InChI=1S/C37H43ClN4O5S/c1-24-6-3-8-33(46-21-35-39-16-5-17-40-35)30-12-9-28(30)20-42-22-37(15-4-7-26-18-29(38)11-13-31(26)37)23-47-34-14-10-27(19-32(34)42)36(43)41-48(44,45)25(24)2/h3,5,8,10-11,13-14,16-19,24-25,28,30,33H,4,6-7,9,12,15,20-23H2,1-2H3,(H,41,43)/b8-3-/t24-,25+,28-,30+,33-,37-/m0/s1. The summed E-state index contributed by atoms with van der Waals surface area (Å²) in [5.74, 6) is 1.04. The van der Waals surface area contributed by atoms with Crippen molar-refractivity contribution in [1.29, 1.82) is 0 Å². The molecule has 9 nitrogen and oxygen atoms in total. The number of anilines is 1. The van der Waals surface area contributed by atoms with Crippen molar-refractivity contribution in [3.05, 3.63) is 94.5 Å². The van der Waals surface area contributed by atoms with Gasteiger partial charge in [-0.2, -0.15) is 0 Å². The summed E-state index contributed by atoms with van der Waals surface area (Å²) < 4.78 is 42.3. The lowest BCUT2D eigenvalue weighted by molar-refractivity contribution is -0.0249. The van der Waals surface area contributed by atoms with Crippen LogP contribution in [-0.4, -0.2) is 55.3 Å². The number of aryl methyl sites for hydroxylation is 1. The first-order valence-corrected chi connectivity index (χ1v) is 19.0. The lowest BCUT2D eigenvalue weighted by atomic mass is 9.68.